The summed E-state index contributed by atoms with van der Waals surface area (Å²) in [6, 6.07) is 16.4. The Hall–Kier alpha value is -3.15. The fourth-order valence-corrected chi connectivity index (χ4v) is 3.99. The van der Waals surface area contributed by atoms with Gasteiger partial charge in [0.2, 0.25) is 11.9 Å². The lowest BCUT2D eigenvalue weighted by atomic mass is 9.91. The minimum absolute atomic E-state index is 0.0193. The van der Waals surface area contributed by atoms with E-state index in [1.165, 1.54) is 11.1 Å². The summed E-state index contributed by atoms with van der Waals surface area (Å²) in [5.41, 5.74) is 3.46. The van der Waals surface area contributed by atoms with Crippen molar-refractivity contribution in [1.82, 2.24) is 14.8 Å². The number of aromatic nitrogens is 3. The number of aryl methyl sites for hydroxylation is 1. The van der Waals surface area contributed by atoms with E-state index in [2.05, 4.69) is 41.3 Å². The molecule has 6 heteroatoms. The number of ether oxygens (including phenoxy) is 1. The highest BCUT2D eigenvalue weighted by Crippen LogP contribution is 2.42. The number of carbonyl (C=O) groups excluding carboxylic acids is 1. The minimum atomic E-state index is -0.108. The van der Waals surface area contributed by atoms with Gasteiger partial charge >= 0.3 is 0 Å². The second-order valence-electron chi connectivity index (χ2n) is 7.47. The van der Waals surface area contributed by atoms with Gasteiger partial charge in [-0.05, 0) is 43.0 Å². The molecule has 1 aliphatic rings. The molecule has 0 N–H and O–H groups in total. The van der Waals surface area contributed by atoms with Gasteiger partial charge in [-0.25, -0.2) is 4.68 Å². The van der Waals surface area contributed by atoms with Crippen LogP contribution in [0, 0.1) is 6.92 Å². The standard InChI is InChI=1S/C23H26N4O2/c1-4-5-22(28)26-20(17-10-12-19(29-3)13-11-17)14-21(27-23(26)24-15-25-27)18-8-6-16(2)7-9-18/h6-13,15,20-21H,4-5,14H2,1-3H3/t20-,21+/m1/s1. The maximum atomic E-state index is 13.1. The Morgan fingerprint density at radius 1 is 1.07 bits per heavy atom. The summed E-state index contributed by atoms with van der Waals surface area (Å²) in [4.78, 5) is 19.4. The normalized spacial score (nSPS) is 18.4. The van der Waals surface area contributed by atoms with Gasteiger partial charge in [0.15, 0.2) is 0 Å². The van der Waals surface area contributed by atoms with Crippen LogP contribution in [0.4, 0.5) is 5.95 Å². The van der Waals surface area contributed by atoms with Gasteiger partial charge in [-0.1, -0.05) is 48.9 Å². The van der Waals surface area contributed by atoms with Crippen molar-refractivity contribution in [3.05, 3.63) is 71.5 Å². The summed E-state index contributed by atoms with van der Waals surface area (Å²) >= 11 is 0. The second kappa shape index (κ2) is 8.07. The number of amides is 1. The lowest BCUT2D eigenvalue weighted by molar-refractivity contribution is -0.119. The molecule has 0 saturated carbocycles. The summed E-state index contributed by atoms with van der Waals surface area (Å²) in [6.07, 6.45) is 3.55. The summed E-state index contributed by atoms with van der Waals surface area (Å²) in [6.45, 7) is 4.10. The highest BCUT2D eigenvalue weighted by atomic mass is 16.5. The van der Waals surface area contributed by atoms with Crippen molar-refractivity contribution in [2.45, 2.75) is 45.2 Å². The summed E-state index contributed by atoms with van der Waals surface area (Å²) < 4.78 is 7.20. The number of nitrogens with zero attached hydrogens (tertiary/aromatic N) is 4. The van der Waals surface area contributed by atoms with Gasteiger partial charge in [-0.15, -0.1) is 0 Å². The van der Waals surface area contributed by atoms with Crippen molar-refractivity contribution < 1.29 is 9.53 Å². The molecule has 0 bridgehead atoms. The van der Waals surface area contributed by atoms with E-state index in [1.54, 1.807) is 13.4 Å². The maximum absolute atomic E-state index is 13.1. The maximum Gasteiger partial charge on any atom is 0.231 e. The van der Waals surface area contributed by atoms with Crippen LogP contribution in [-0.2, 0) is 4.79 Å². The summed E-state index contributed by atoms with van der Waals surface area (Å²) in [5.74, 6) is 1.49. The first-order valence-corrected chi connectivity index (χ1v) is 10.0. The first-order chi connectivity index (χ1) is 14.1. The zero-order valence-corrected chi connectivity index (χ0v) is 17.1. The van der Waals surface area contributed by atoms with E-state index in [0.29, 0.717) is 12.4 Å². The lowest BCUT2D eigenvalue weighted by Crippen LogP contribution is -2.42. The van der Waals surface area contributed by atoms with Gasteiger partial charge in [-0.2, -0.15) is 10.1 Å². The van der Waals surface area contributed by atoms with Crippen LogP contribution in [0.25, 0.3) is 0 Å². The highest BCUT2D eigenvalue weighted by molar-refractivity contribution is 5.92. The van der Waals surface area contributed by atoms with E-state index in [9.17, 15) is 4.79 Å². The summed E-state index contributed by atoms with van der Waals surface area (Å²) in [5, 5.41) is 4.48. The summed E-state index contributed by atoms with van der Waals surface area (Å²) in [7, 11) is 1.66. The number of anilines is 1. The average Bonchev–Trinajstić information content (AvgIpc) is 3.23. The molecule has 1 aromatic heterocycles. The Labute approximate surface area is 171 Å². The number of benzene rings is 2. The predicted molar refractivity (Wildman–Crippen MR) is 112 cm³/mol. The van der Waals surface area contributed by atoms with Crippen LogP contribution in [0.15, 0.2) is 54.9 Å². The van der Waals surface area contributed by atoms with Crippen molar-refractivity contribution >= 4 is 11.9 Å². The number of rotatable bonds is 5. The molecule has 0 aliphatic carbocycles. The third-order valence-corrected chi connectivity index (χ3v) is 5.52. The van der Waals surface area contributed by atoms with Crippen molar-refractivity contribution in [1.29, 1.82) is 0 Å². The van der Waals surface area contributed by atoms with Crippen LogP contribution in [0.3, 0.4) is 0 Å². The lowest BCUT2D eigenvalue weighted by Gasteiger charge is -2.39. The van der Waals surface area contributed by atoms with Crippen LogP contribution in [0.5, 0.6) is 5.75 Å². The monoisotopic (exact) mass is 390 g/mol. The van der Waals surface area contributed by atoms with Crippen LogP contribution < -0.4 is 9.64 Å². The first-order valence-electron chi connectivity index (χ1n) is 10.0. The van der Waals surface area contributed by atoms with E-state index in [-0.39, 0.29) is 18.0 Å². The van der Waals surface area contributed by atoms with Crippen LogP contribution in [0.1, 0.15) is 55.0 Å². The van der Waals surface area contributed by atoms with E-state index >= 15 is 0 Å². The van der Waals surface area contributed by atoms with E-state index < -0.39 is 0 Å². The fraction of sp³-hybridized carbons (Fsp3) is 0.348. The van der Waals surface area contributed by atoms with E-state index in [0.717, 1.165) is 24.2 Å². The zero-order valence-electron chi connectivity index (χ0n) is 17.1. The fourth-order valence-electron chi connectivity index (χ4n) is 3.99. The van der Waals surface area contributed by atoms with Gasteiger partial charge in [0.25, 0.3) is 0 Å². The third-order valence-electron chi connectivity index (χ3n) is 5.52. The molecule has 150 valence electrons. The second-order valence-corrected chi connectivity index (χ2v) is 7.47. The molecular formula is C23H26N4O2. The molecule has 0 saturated heterocycles. The number of hydrogen-bond acceptors (Lipinski definition) is 4. The molecule has 0 unspecified atom stereocenters. The van der Waals surface area contributed by atoms with Gasteiger partial charge in [0.05, 0.1) is 19.2 Å². The number of hydrogen-bond donors (Lipinski definition) is 0. The molecule has 1 aliphatic heterocycles. The first kappa shape index (κ1) is 19.2. The van der Waals surface area contributed by atoms with Crippen molar-refractivity contribution in [2.24, 2.45) is 0 Å². The predicted octanol–water partition coefficient (Wildman–Crippen LogP) is 4.46. The third kappa shape index (κ3) is 3.62. The molecule has 4 rings (SSSR count). The van der Waals surface area contributed by atoms with E-state index in [4.69, 9.17) is 4.74 Å². The van der Waals surface area contributed by atoms with Crippen LogP contribution >= 0.6 is 0 Å². The molecule has 6 nitrogen and oxygen atoms in total. The van der Waals surface area contributed by atoms with Gasteiger partial charge < -0.3 is 4.74 Å². The Morgan fingerprint density at radius 2 is 1.72 bits per heavy atom. The highest BCUT2D eigenvalue weighted by Gasteiger charge is 2.38. The molecule has 2 atom stereocenters. The topological polar surface area (TPSA) is 60.2 Å². The van der Waals surface area contributed by atoms with Gasteiger partial charge in [0, 0.05) is 6.42 Å². The average molecular weight is 390 g/mol. The number of carbonyl (C=O) groups is 1. The number of methoxy groups -OCH3 is 1. The molecule has 1 amide bonds. The molecule has 2 heterocycles. The van der Waals surface area contributed by atoms with Crippen LogP contribution in [0.2, 0.25) is 0 Å². The largest absolute Gasteiger partial charge is 0.497 e. The quantitative estimate of drug-likeness (QED) is 0.645. The Morgan fingerprint density at radius 3 is 2.38 bits per heavy atom. The Bertz CT molecular complexity index is 979. The SMILES string of the molecule is CCCC(=O)N1c2ncnn2[C@H](c2ccc(C)cc2)C[C@@H]1c1ccc(OC)cc1. The minimum Gasteiger partial charge on any atom is -0.497 e. The van der Waals surface area contributed by atoms with Gasteiger partial charge in [0.1, 0.15) is 12.1 Å². The molecular weight excluding hydrogens is 364 g/mol. The Balaban J connectivity index is 1.80. The smallest absolute Gasteiger partial charge is 0.231 e. The van der Waals surface area contributed by atoms with E-state index in [1.807, 2.05) is 40.8 Å². The van der Waals surface area contributed by atoms with Crippen LogP contribution in [-0.4, -0.2) is 27.8 Å². The Kier molecular flexibility index (Phi) is 5.34. The molecule has 0 radical (unpaired) electrons. The molecule has 2 aromatic carbocycles. The molecule has 0 fully saturated rings. The molecule has 0 spiro atoms. The zero-order chi connectivity index (χ0) is 20.4. The molecule has 3 aromatic rings. The van der Waals surface area contributed by atoms with Crippen molar-refractivity contribution in [3.63, 3.8) is 0 Å². The van der Waals surface area contributed by atoms with Crippen molar-refractivity contribution in [2.75, 3.05) is 12.0 Å². The van der Waals surface area contributed by atoms with Gasteiger partial charge in [-0.3, -0.25) is 9.69 Å². The van der Waals surface area contributed by atoms with Crippen molar-refractivity contribution in [3.8, 4) is 5.75 Å². The number of fused-ring (bicyclic) bond motifs is 1. The molecule has 29 heavy (non-hydrogen) atoms.